The second kappa shape index (κ2) is 9.28. The standard InChI is InChI=1S/C25H31N5O2/c31-17-18-5-4-14-29(16-18)21-11-9-20(10-12-21)27-25-26-15-19-8-13-23(32)30(24(19)28-25)22-6-2-1-3-7-22/h8-13,15,18,22,31H,1-7,14,16-17H2,(H,26,27,28). The fourth-order valence-electron chi connectivity index (χ4n) is 5.12. The number of fused-ring (bicyclic) bond motifs is 1. The second-order valence-electron chi connectivity index (χ2n) is 9.11. The van der Waals surface area contributed by atoms with Gasteiger partial charge < -0.3 is 15.3 Å². The molecule has 0 spiro atoms. The summed E-state index contributed by atoms with van der Waals surface area (Å²) in [5.74, 6) is 0.855. The van der Waals surface area contributed by atoms with Gasteiger partial charge in [-0.05, 0) is 61.9 Å². The van der Waals surface area contributed by atoms with Crippen LogP contribution in [0.4, 0.5) is 17.3 Å². The maximum Gasteiger partial charge on any atom is 0.252 e. The molecular weight excluding hydrogens is 402 g/mol. The van der Waals surface area contributed by atoms with E-state index < -0.39 is 0 Å². The van der Waals surface area contributed by atoms with E-state index in [0.29, 0.717) is 17.5 Å². The Morgan fingerprint density at radius 2 is 1.81 bits per heavy atom. The summed E-state index contributed by atoms with van der Waals surface area (Å²) in [5.41, 5.74) is 2.80. The van der Waals surface area contributed by atoms with E-state index in [0.717, 1.165) is 62.7 Å². The van der Waals surface area contributed by atoms with Gasteiger partial charge in [0.25, 0.3) is 5.56 Å². The molecule has 0 radical (unpaired) electrons. The molecule has 1 saturated carbocycles. The lowest BCUT2D eigenvalue weighted by Crippen LogP contribution is -2.36. The topological polar surface area (TPSA) is 83.3 Å². The minimum Gasteiger partial charge on any atom is -0.396 e. The van der Waals surface area contributed by atoms with E-state index in [1.54, 1.807) is 12.3 Å². The molecule has 32 heavy (non-hydrogen) atoms. The van der Waals surface area contributed by atoms with Crippen molar-refractivity contribution in [2.45, 2.75) is 51.0 Å². The van der Waals surface area contributed by atoms with Crippen molar-refractivity contribution in [3.63, 3.8) is 0 Å². The molecule has 1 aromatic carbocycles. The number of nitrogens with one attached hydrogen (secondary N) is 1. The van der Waals surface area contributed by atoms with Crippen LogP contribution >= 0.6 is 0 Å². The minimum absolute atomic E-state index is 0.0149. The van der Waals surface area contributed by atoms with Crippen LogP contribution in [0, 0.1) is 5.92 Å². The summed E-state index contributed by atoms with van der Waals surface area (Å²) in [5, 5.41) is 13.7. The average Bonchev–Trinajstić information content (AvgIpc) is 2.85. The van der Waals surface area contributed by atoms with Crippen molar-refractivity contribution in [3.05, 3.63) is 52.9 Å². The van der Waals surface area contributed by atoms with Crippen LogP contribution in [-0.2, 0) is 0 Å². The van der Waals surface area contributed by atoms with Gasteiger partial charge in [-0.3, -0.25) is 9.36 Å². The van der Waals surface area contributed by atoms with E-state index in [2.05, 4.69) is 27.3 Å². The van der Waals surface area contributed by atoms with Gasteiger partial charge in [-0.1, -0.05) is 19.3 Å². The molecule has 1 saturated heterocycles. The third-order valence-corrected chi connectivity index (χ3v) is 6.87. The molecule has 1 atom stereocenters. The number of aliphatic hydroxyl groups excluding tert-OH is 1. The fraction of sp³-hybridized carbons (Fsp3) is 0.480. The molecular formula is C25H31N5O2. The zero-order valence-corrected chi connectivity index (χ0v) is 18.4. The Morgan fingerprint density at radius 1 is 1.00 bits per heavy atom. The molecule has 7 nitrogen and oxygen atoms in total. The lowest BCUT2D eigenvalue weighted by molar-refractivity contribution is 0.209. The summed E-state index contributed by atoms with van der Waals surface area (Å²) in [4.78, 5) is 24.3. The van der Waals surface area contributed by atoms with Crippen LogP contribution in [-0.4, -0.2) is 39.3 Å². The molecule has 0 amide bonds. The van der Waals surface area contributed by atoms with Crippen molar-refractivity contribution >= 4 is 28.4 Å². The zero-order valence-electron chi connectivity index (χ0n) is 18.4. The lowest BCUT2D eigenvalue weighted by Gasteiger charge is -2.33. The quantitative estimate of drug-likeness (QED) is 0.626. The van der Waals surface area contributed by atoms with Gasteiger partial charge in [0.2, 0.25) is 5.95 Å². The van der Waals surface area contributed by atoms with Crippen LogP contribution in [0.3, 0.4) is 0 Å². The highest BCUT2D eigenvalue weighted by atomic mass is 16.3. The van der Waals surface area contributed by atoms with Crippen molar-refractivity contribution in [2.75, 3.05) is 29.9 Å². The first-order valence-corrected chi connectivity index (χ1v) is 11.8. The average molecular weight is 434 g/mol. The zero-order chi connectivity index (χ0) is 21.9. The molecule has 0 bridgehead atoms. The Labute approximate surface area is 188 Å². The van der Waals surface area contributed by atoms with Crippen LogP contribution in [0.1, 0.15) is 51.0 Å². The first kappa shape index (κ1) is 20.9. The van der Waals surface area contributed by atoms with E-state index in [4.69, 9.17) is 4.98 Å². The van der Waals surface area contributed by atoms with Gasteiger partial charge in [0.05, 0.1) is 0 Å². The Bertz CT molecular complexity index is 1120. The number of benzene rings is 1. The van der Waals surface area contributed by atoms with E-state index in [9.17, 15) is 9.90 Å². The summed E-state index contributed by atoms with van der Waals surface area (Å²) >= 11 is 0. The summed E-state index contributed by atoms with van der Waals surface area (Å²) in [6.07, 6.45) is 9.61. The van der Waals surface area contributed by atoms with Gasteiger partial charge >= 0.3 is 0 Å². The maximum absolute atomic E-state index is 12.7. The molecule has 2 N–H and O–H groups in total. The normalized spacial score (nSPS) is 19.9. The summed E-state index contributed by atoms with van der Waals surface area (Å²) in [6, 6.07) is 11.9. The molecule has 1 aliphatic carbocycles. The largest absolute Gasteiger partial charge is 0.396 e. The Morgan fingerprint density at radius 3 is 2.59 bits per heavy atom. The molecule has 5 rings (SSSR count). The first-order valence-electron chi connectivity index (χ1n) is 11.8. The number of pyridine rings is 1. The van der Waals surface area contributed by atoms with Crippen molar-refractivity contribution in [3.8, 4) is 0 Å². The minimum atomic E-state index is 0.0149. The number of hydrogen-bond donors (Lipinski definition) is 2. The Kier molecular flexibility index (Phi) is 6.08. The Hall–Kier alpha value is -2.93. The first-order chi connectivity index (χ1) is 15.7. The van der Waals surface area contributed by atoms with E-state index in [-0.39, 0.29) is 18.2 Å². The third-order valence-electron chi connectivity index (χ3n) is 6.87. The van der Waals surface area contributed by atoms with E-state index in [1.807, 2.05) is 22.8 Å². The number of piperidine rings is 1. The van der Waals surface area contributed by atoms with Gasteiger partial charge in [0.15, 0.2) is 0 Å². The highest BCUT2D eigenvalue weighted by Crippen LogP contribution is 2.29. The Balaban J connectivity index is 1.37. The van der Waals surface area contributed by atoms with Crippen LogP contribution in [0.2, 0.25) is 0 Å². The van der Waals surface area contributed by atoms with Crippen molar-refractivity contribution in [1.29, 1.82) is 0 Å². The summed E-state index contributed by atoms with van der Waals surface area (Å²) in [7, 11) is 0. The van der Waals surface area contributed by atoms with Gasteiger partial charge in [0, 0.05) is 54.8 Å². The molecule has 3 heterocycles. The number of aliphatic hydroxyl groups is 1. The number of rotatable bonds is 5. The highest BCUT2D eigenvalue weighted by Gasteiger charge is 2.20. The predicted molar refractivity (Wildman–Crippen MR) is 128 cm³/mol. The van der Waals surface area contributed by atoms with Crippen LogP contribution in [0.25, 0.3) is 11.0 Å². The summed E-state index contributed by atoms with van der Waals surface area (Å²) in [6.45, 7) is 2.17. The molecule has 2 fully saturated rings. The van der Waals surface area contributed by atoms with Crippen molar-refractivity contribution in [2.24, 2.45) is 5.92 Å². The monoisotopic (exact) mass is 433 g/mol. The fourth-order valence-corrected chi connectivity index (χ4v) is 5.12. The van der Waals surface area contributed by atoms with Crippen LogP contribution in [0.15, 0.2) is 47.4 Å². The SMILES string of the molecule is O=c1ccc2cnc(Nc3ccc(N4CCCC(CO)C4)cc3)nc2n1C1CCCCC1. The van der Waals surface area contributed by atoms with Crippen molar-refractivity contribution in [1.82, 2.24) is 14.5 Å². The molecule has 2 aliphatic rings. The summed E-state index contributed by atoms with van der Waals surface area (Å²) < 4.78 is 1.87. The van der Waals surface area contributed by atoms with E-state index >= 15 is 0 Å². The van der Waals surface area contributed by atoms with Crippen LogP contribution in [0.5, 0.6) is 0 Å². The number of anilines is 3. The van der Waals surface area contributed by atoms with Gasteiger partial charge in [-0.2, -0.15) is 4.98 Å². The van der Waals surface area contributed by atoms with Gasteiger partial charge in [0.1, 0.15) is 5.65 Å². The molecule has 1 unspecified atom stereocenters. The molecule has 168 valence electrons. The molecule has 1 aliphatic heterocycles. The smallest absolute Gasteiger partial charge is 0.252 e. The molecule has 2 aromatic heterocycles. The number of aromatic nitrogens is 3. The second-order valence-corrected chi connectivity index (χ2v) is 9.11. The van der Waals surface area contributed by atoms with Crippen molar-refractivity contribution < 1.29 is 5.11 Å². The lowest BCUT2D eigenvalue weighted by atomic mass is 9.95. The number of hydrogen-bond acceptors (Lipinski definition) is 6. The molecule has 3 aromatic rings. The van der Waals surface area contributed by atoms with Gasteiger partial charge in [-0.15, -0.1) is 0 Å². The highest BCUT2D eigenvalue weighted by molar-refractivity contribution is 5.76. The number of nitrogens with zero attached hydrogens (tertiary/aromatic N) is 4. The predicted octanol–water partition coefficient (Wildman–Crippen LogP) is 4.25. The maximum atomic E-state index is 12.7. The van der Waals surface area contributed by atoms with Gasteiger partial charge in [-0.25, -0.2) is 4.98 Å². The molecule has 7 heteroatoms. The van der Waals surface area contributed by atoms with E-state index in [1.165, 1.54) is 12.1 Å². The van der Waals surface area contributed by atoms with Crippen LogP contribution < -0.4 is 15.8 Å². The third kappa shape index (κ3) is 4.35.